The van der Waals surface area contributed by atoms with E-state index < -0.39 is 126 Å². The Balaban J connectivity index is 1.88. The van der Waals surface area contributed by atoms with Gasteiger partial charge in [0.2, 0.25) is 17.5 Å². The number of benzene rings is 3. The summed E-state index contributed by atoms with van der Waals surface area (Å²) in [6.45, 7) is 0. The summed E-state index contributed by atoms with van der Waals surface area (Å²) in [6, 6.07) is 0. The molecule has 0 saturated carbocycles. The van der Waals surface area contributed by atoms with E-state index in [0.717, 1.165) is 21.1 Å². The van der Waals surface area contributed by atoms with Crippen LogP contribution in [-0.2, 0) is 0 Å². The van der Waals surface area contributed by atoms with Gasteiger partial charge in [-0.05, 0) is 21.1 Å². The van der Waals surface area contributed by atoms with Crippen LogP contribution in [0.4, 0.5) is 82.9 Å². The first-order valence-corrected chi connectivity index (χ1v) is 11.8. The molecule has 0 atom stereocenters. The minimum atomic E-state index is -2.57. The van der Waals surface area contributed by atoms with E-state index in [1.807, 2.05) is 15.7 Å². The van der Waals surface area contributed by atoms with Gasteiger partial charge in [0.05, 0.1) is 0 Å². The summed E-state index contributed by atoms with van der Waals surface area (Å²) in [4.78, 5) is 0. The fourth-order valence-corrected chi connectivity index (χ4v) is 4.46. The molecule has 4 rings (SSSR count). The highest BCUT2D eigenvalue weighted by Gasteiger charge is 2.53. The van der Waals surface area contributed by atoms with Gasteiger partial charge in [0.25, 0.3) is 0 Å². The maximum atomic E-state index is 14.5. The molecule has 1 heterocycles. The van der Waals surface area contributed by atoms with Gasteiger partial charge in [-0.25, -0.2) is 65.9 Å². The molecule has 0 bridgehead atoms. The zero-order valence-corrected chi connectivity index (χ0v) is 22.2. The third-order valence-corrected chi connectivity index (χ3v) is 6.76. The molecular weight excluding hydrogens is 654 g/mol. The van der Waals surface area contributed by atoms with Crippen molar-refractivity contribution in [3.63, 3.8) is 0 Å². The van der Waals surface area contributed by atoms with Crippen LogP contribution in [0, 0.1) is 87.3 Å². The van der Waals surface area contributed by atoms with Crippen LogP contribution in [0.15, 0.2) is 0 Å². The van der Waals surface area contributed by atoms with Crippen molar-refractivity contribution in [3.05, 3.63) is 87.3 Å². The first kappa shape index (κ1) is 34.0. The second-order valence-electron chi connectivity index (χ2n) is 9.39. The van der Waals surface area contributed by atoms with Gasteiger partial charge in [0, 0.05) is 0 Å². The van der Waals surface area contributed by atoms with E-state index in [9.17, 15) is 65.9 Å². The van der Waals surface area contributed by atoms with E-state index in [1.165, 1.54) is 0 Å². The topological polar surface area (TPSA) is 45.8 Å². The molecule has 1 saturated heterocycles. The number of halogens is 15. The molecule has 3 aromatic rings. The number of rotatable bonds is 6. The van der Waals surface area contributed by atoms with Crippen LogP contribution in [0.3, 0.4) is 0 Å². The molecule has 24 heteroatoms. The SMILES string of the molecule is CN1B(Nc2c(F)c(F)c(F)c(F)c2F)N(C)B(Nc2c(F)c(F)c(F)c(F)c2F)N(C)B1Nc1c(F)c(F)c(F)c(F)c1F. The summed E-state index contributed by atoms with van der Waals surface area (Å²) >= 11 is 0. The number of hydrogen-bond donors (Lipinski definition) is 3. The molecule has 0 unspecified atom stereocenters. The average Bonchev–Trinajstić information content (AvgIpc) is 3.01. The normalized spacial score (nSPS) is 14.9. The fraction of sp³-hybridized carbons (Fsp3) is 0.143. The molecule has 0 amide bonds. The first-order chi connectivity index (χ1) is 20.8. The van der Waals surface area contributed by atoms with Crippen molar-refractivity contribution >= 4 is 38.4 Å². The minimum Gasteiger partial charge on any atom is -0.396 e. The Bertz CT molecular complexity index is 1410. The van der Waals surface area contributed by atoms with Crippen molar-refractivity contribution in [2.24, 2.45) is 0 Å². The van der Waals surface area contributed by atoms with E-state index in [1.54, 1.807) is 0 Å². The van der Waals surface area contributed by atoms with Gasteiger partial charge >= 0.3 is 21.4 Å². The van der Waals surface area contributed by atoms with E-state index in [0.29, 0.717) is 14.2 Å². The lowest BCUT2D eigenvalue weighted by Gasteiger charge is -2.49. The molecule has 1 fully saturated rings. The van der Waals surface area contributed by atoms with Crippen LogP contribution in [0.2, 0.25) is 0 Å². The highest BCUT2D eigenvalue weighted by molar-refractivity contribution is 6.88. The van der Waals surface area contributed by atoms with E-state index >= 15 is 0 Å². The van der Waals surface area contributed by atoms with Crippen LogP contribution in [0.1, 0.15) is 0 Å². The van der Waals surface area contributed by atoms with Crippen molar-refractivity contribution < 1.29 is 65.9 Å². The largest absolute Gasteiger partial charge is 0.416 e. The van der Waals surface area contributed by atoms with Gasteiger partial charge < -0.3 is 29.8 Å². The Hall–Kier alpha value is -3.92. The molecule has 6 nitrogen and oxygen atoms in total. The van der Waals surface area contributed by atoms with Crippen molar-refractivity contribution in [2.75, 3.05) is 36.8 Å². The highest BCUT2D eigenvalue weighted by Crippen LogP contribution is 2.33. The number of nitrogens with zero attached hydrogens (tertiary/aromatic N) is 3. The first-order valence-electron chi connectivity index (χ1n) is 11.8. The predicted octanol–water partition coefficient (Wildman–Crippen LogP) is 5.17. The van der Waals surface area contributed by atoms with E-state index in [-0.39, 0.29) is 0 Å². The quantitative estimate of drug-likeness (QED) is 0.146. The average molecular weight is 666 g/mol. The Kier molecular flexibility index (Phi) is 9.15. The van der Waals surface area contributed by atoms with Gasteiger partial charge in [-0.2, -0.15) is 0 Å². The molecule has 0 spiro atoms. The number of anilines is 3. The summed E-state index contributed by atoms with van der Waals surface area (Å²) < 4.78 is 214. The van der Waals surface area contributed by atoms with Gasteiger partial charge in [0.1, 0.15) is 17.1 Å². The van der Waals surface area contributed by atoms with Crippen molar-refractivity contribution in [2.45, 2.75) is 0 Å². The highest BCUT2D eigenvalue weighted by atomic mass is 19.2. The van der Waals surface area contributed by atoms with Crippen molar-refractivity contribution in [3.8, 4) is 0 Å². The second kappa shape index (κ2) is 12.1. The van der Waals surface area contributed by atoms with Gasteiger partial charge in [0.15, 0.2) is 69.8 Å². The van der Waals surface area contributed by atoms with Crippen LogP contribution >= 0.6 is 0 Å². The monoisotopic (exact) mass is 666 g/mol. The summed E-state index contributed by atoms with van der Waals surface area (Å²) in [6.07, 6.45) is 0. The minimum absolute atomic E-state index is 0.687. The van der Waals surface area contributed by atoms with Crippen LogP contribution in [0.25, 0.3) is 0 Å². The van der Waals surface area contributed by atoms with Crippen LogP contribution < -0.4 is 15.7 Å². The molecule has 45 heavy (non-hydrogen) atoms. The standard InChI is InChI=1S/C21H12B3F15N6/c1-43-22(40-19-13(34)7(28)4(25)8(29)14(19)35)44(2)24(42-21-17(38)11(32)6(27)12(33)18(21)39)45(3)23(43)41-20-15(36)9(30)5(26)10(31)16(20)37/h40-42H,1-3H3. The summed E-state index contributed by atoms with van der Waals surface area (Å²) in [7, 11) is -3.41. The van der Waals surface area contributed by atoms with Crippen molar-refractivity contribution in [1.29, 1.82) is 0 Å². The lowest BCUT2D eigenvalue weighted by molar-refractivity contribution is 0.381. The van der Waals surface area contributed by atoms with Crippen molar-refractivity contribution in [1.82, 2.24) is 14.2 Å². The Morgan fingerprint density at radius 1 is 0.289 bits per heavy atom. The zero-order chi connectivity index (χ0) is 34.0. The van der Waals surface area contributed by atoms with E-state index in [2.05, 4.69) is 0 Å². The van der Waals surface area contributed by atoms with Gasteiger partial charge in [-0.15, -0.1) is 0 Å². The molecule has 1 aliphatic heterocycles. The smallest absolute Gasteiger partial charge is 0.396 e. The second-order valence-corrected chi connectivity index (χ2v) is 9.39. The maximum absolute atomic E-state index is 14.5. The lowest BCUT2D eigenvalue weighted by atomic mass is 9.56. The molecule has 3 N–H and O–H groups in total. The molecule has 0 aliphatic carbocycles. The van der Waals surface area contributed by atoms with Crippen LogP contribution in [0.5, 0.6) is 0 Å². The van der Waals surface area contributed by atoms with Gasteiger partial charge in [-0.3, -0.25) is 0 Å². The molecular formula is C21H12B3F15N6. The Labute approximate surface area is 243 Å². The summed E-state index contributed by atoms with van der Waals surface area (Å²) in [5, 5.41) is 5.57. The third kappa shape index (κ3) is 5.37. The molecule has 0 aromatic heterocycles. The Morgan fingerprint density at radius 2 is 0.422 bits per heavy atom. The van der Waals surface area contributed by atoms with Crippen LogP contribution in [-0.4, -0.2) is 56.7 Å². The number of hydrogen-bond acceptors (Lipinski definition) is 6. The zero-order valence-electron chi connectivity index (χ0n) is 22.2. The third-order valence-electron chi connectivity index (χ3n) is 6.76. The molecule has 240 valence electrons. The van der Waals surface area contributed by atoms with Gasteiger partial charge in [-0.1, -0.05) is 0 Å². The fourth-order valence-electron chi connectivity index (χ4n) is 4.46. The number of nitrogens with one attached hydrogen (secondary N) is 3. The van der Waals surface area contributed by atoms with E-state index in [4.69, 9.17) is 0 Å². The Morgan fingerprint density at radius 3 is 0.578 bits per heavy atom. The lowest BCUT2D eigenvalue weighted by Crippen LogP contribution is -2.80. The molecule has 1 aliphatic rings. The molecule has 0 radical (unpaired) electrons. The molecule has 3 aromatic carbocycles. The summed E-state index contributed by atoms with van der Waals surface area (Å²) in [5.41, 5.74) is -5.20. The summed E-state index contributed by atoms with van der Waals surface area (Å²) in [5.74, 6) is -37.0. The maximum Gasteiger partial charge on any atom is 0.416 e. The predicted molar refractivity (Wildman–Crippen MR) is 130 cm³/mol.